The Labute approximate surface area is 141 Å². The number of amides is 2. The van der Waals surface area contributed by atoms with E-state index in [1.54, 1.807) is 22.9 Å². The quantitative estimate of drug-likeness (QED) is 0.938. The first-order chi connectivity index (χ1) is 11.6. The largest absolute Gasteiger partial charge is 0.395 e. The van der Waals surface area contributed by atoms with Crippen molar-refractivity contribution in [2.45, 2.75) is 12.8 Å². The van der Waals surface area contributed by atoms with Crippen LogP contribution in [0.25, 0.3) is 0 Å². The van der Waals surface area contributed by atoms with Gasteiger partial charge >= 0.3 is 0 Å². The standard InChI is InChI=1S/C19H20N2O3/c1-20-17-9-7-15(13-14(17)8-10-18(20)23)19(24)21(11-12-22)16-5-3-2-4-6-16/h2-7,9,13,22H,8,10-12H2,1H3. The molecule has 0 saturated carbocycles. The molecule has 0 bridgehead atoms. The molecule has 124 valence electrons. The molecular formula is C19H20N2O3. The predicted octanol–water partition coefficient (Wildman–Crippen LogP) is 2.23. The molecule has 24 heavy (non-hydrogen) atoms. The minimum absolute atomic E-state index is 0.0905. The number of para-hydroxylation sites is 1. The lowest BCUT2D eigenvalue weighted by atomic mass is 9.98. The van der Waals surface area contributed by atoms with Crippen molar-refractivity contribution in [1.29, 1.82) is 0 Å². The van der Waals surface area contributed by atoms with E-state index in [4.69, 9.17) is 0 Å². The Bertz CT molecular complexity index is 758. The Kier molecular flexibility index (Phi) is 4.62. The lowest BCUT2D eigenvalue weighted by molar-refractivity contribution is -0.118. The Hall–Kier alpha value is -2.66. The molecule has 0 unspecified atom stereocenters. The monoisotopic (exact) mass is 324 g/mol. The van der Waals surface area contributed by atoms with Gasteiger partial charge in [0.05, 0.1) is 6.61 Å². The number of anilines is 2. The second kappa shape index (κ2) is 6.84. The van der Waals surface area contributed by atoms with E-state index in [2.05, 4.69) is 0 Å². The van der Waals surface area contributed by atoms with E-state index in [0.717, 1.165) is 16.9 Å². The number of rotatable bonds is 4. The number of nitrogens with zero attached hydrogens (tertiary/aromatic N) is 2. The minimum atomic E-state index is -0.155. The lowest BCUT2D eigenvalue weighted by Crippen LogP contribution is -2.34. The molecular weight excluding hydrogens is 304 g/mol. The van der Waals surface area contributed by atoms with E-state index < -0.39 is 0 Å². The van der Waals surface area contributed by atoms with Crippen LogP contribution >= 0.6 is 0 Å². The van der Waals surface area contributed by atoms with Crippen LogP contribution in [0.1, 0.15) is 22.3 Å². The van der Waals surface area contributed by atoms with Gasteiger partial charge in [-0.25, -0.2) is 0 Å². The summed E-state index contributed by atoms with van der Waals surface area (Å²) in [4.78, 5) is 27.9. The summed E-state index contributed by atoms with van der Waals surface area (Å²) in [5.41, 5.74) is 3.17. The van der Waals surface area contributed by atoms with Gasteiger partial charge in [0, 0.05) is 37.0 Å². The smallest absolute Gasteiger partial charge is 0.258 e. The van der Waals surface area contributed by atoms with E-state index in [9.17, 15) is 14.7 Å². The fraction of sp³-hybridized carbons (Fsp3) is 0.263. The van der Waals surface area contributed by atoms with Crippen molar-refractivity contribution in [3.05, 3.63) is 59.7 Å². The molecule has 0 fully saturated rings. The van der Waals surface area contributed by atoms with Crippen LogP contribution in [-0.2, 0) is 11.2 Å². The number of hydrogen-bond donors (Lipinski definition) is 1. The number of fused-ring (bicyclic) bond motifs is 1. The molecule has 0 saturated heterocycles. The summed E-state index contributed by atoms with van der Waals surface area (Å²) in [5.74, 6) is -0.0645. The van der Waals surface area contributed by atoms with E-state index >= 15 is 0 Å². The first kappa shape index (κ1) is 16.2. The molecule has 2 aromatic rings. The third kappa shape index (κ3) is 3.03. The lowest BCUT2D eigenvalue weighted by Gasteiger charge is -2.27. The number of benzene rings is 2. The van der Waals surface area contributed by atoms with Gasteiger partial charge < -0.3 is 14.9 Å². The van der Waals surface area contributed by atoms with Crippen molar-refractivity contribution in [2.24, 2.45) is 0 Å². The van der Waals surface area contributed by atoms with Crippen LogP contribution < -0.4 is 9.80 Å². The molecule has 0 radical (unpaired) electrons. The van der Waals surface area contributed by atoms with Crippen molar-refractivity contribution in [3.63, 3.8) is 0 Å². The molecule has 1 heterocycles. The summed E-state index contributed by atoms with van der Waals surface area (Å²) < 4.78 is 0. The molecule has 0 atom stereocenters. The van der Waals surface area contributed by atoms with Gasteiger partial charge in [-0.2, -0.15) is 0 Å². The highest BCUT2D eigenvalue weighted by atomic mass is 16.3. The number of carbonyl (C=O) groups is 2. The maximum Gasteiger partial charge on any atom is 0.258 e. The molecule has 1 N–H and O–H groups in total. The first-order valence-electron chi connectivity index (χ1n) is 7.99. The topological polar surface area (TPSA) is 60.9 Å². The zero-order valence-electron chi connectivity index (χ0n) is 13.6. The second-order valence-electron chi connectivity index (χ2n) is 5.81. The Morgan fingerprint density at radius 3 is 2.62 bits per heavy atom. The third-order valence-electron chi connectivity index (χ3n) is 4.31. The Morgan fingerprint density at radius 1 is 1.17 bits per heavy atom. The van der Waals surface area contributed by atoms with Crippen molar-refractivity contribution in [3.8, 4) is 0 Å². The molecule has 0 spiro atoms. The molecule has 3 rings (SSSR count). The van der Waals surface area contributed by atoms with Crippen LogP contribution in [0.2, 0.25) is 0 Å². The van der Waals surface area contributed by atoms with Crippen LogP contribution in [0, 0.1) is 0 Å². The molecule has 1 aliphatic rings. The van der Waals surface area contributed by atoms with Gasteiger partial charge in [-0.1, -0.05) is 18.2 Å². The van der Waals surface area contributed by atoms with Gasteiger partial charge in [-0.15, -0.1) is 0 Å². The van der Waals surface area contributed by atoms with Crippen molar-refractivity contribution in [2.75, 3.05) is 30.0 Å². The molecule has 2 amide bonds. The van der Waals surface area contributed by atoms with Crippen LogP contribution in [0.3, 0.4) is 0 Å². The van der Waals surface area contributed by atoms with Crippen LogP contribution in [0.4, 0.5) is 11.4 Å². The van der Waals surface area contributed by atoms with Crippen LogP contribution in [-0.4, -0.2) is 37.1 Å². The fourth-order valence-corrected chi connectivity index (χ4v) is 3.00. The highest BCUT2D eigenvalue weighted by Gasteiger charge is 2.23. The predicted molar refractivity (Wildman–Crippen MR) is 93.4 cm³/mol. The highest BCUT2D eigenvalue weighted by molar-refractivity contribution is 6.07. The summed E-state index contributed by atoms with van der Waals surface area (Å²) in [7, 11) is 1.75. The Balaban J connectivity index is 1.93. The maximum atomic E-state index is 12.9. The highest BCUT2D eigenvalue weighted by Crippen LogP contribution is 2.28. The van der Waals surface area contributed by atoms with Gasteiger partial charge in [-0.05, 0) is 42.3 Å². The number of hydrogen-bond acceptors (Lipinski definition) is 3. The van der Waals surface area contributed by atoms with E-state index in [1.165, 1.54) is 0 Å². The third-order valence-corrected chi connectivity index (χ3v) is 4.31. The molecule has 5 nitrogen and oxygen atoms in total. The van der Waals surface area contributed by atoms with Gasteiger partial charge in [0.25, 0.3) is 5.91 Å². The van der Waals surface area contributed by atoms with Crippen LogP contribution in [0.5, 0.6) is 0 Å². The van der Waals surface area contributed by atoms with Crippen LogP contribution in [0.15, 0.2) is 48.5 Å². The van der Waals surface area contributed by atoms with Gasteiger partial charge in [0.2, 0.25) is 5.91 Å². The number of aliphatic hydroxyl groups excluding tert-OH is 1. The Morgan fingerprint density at radius 2 is 1.92 bits per heavy atom. The van der Waals surface area contributed by atoms with E-state index in [1.807, 2.05) is 42.5 Å². The molecule has 0 aliphatic carbocycles. The normalized spacial score (nSPS) is 13.6. The van der Waals surface area contributed by atoms with Crippen molar-refractivity contribution < 1.29 is 14.7 Å². The summed E-state index contributed by atoms with van der Waals surface area (Å²) in [6.07, 6.45) is 1.10. The van der Waals surface area contributed by atoms with Gasteiger partial charge in [-0.3, -0.25) is 9.59 Å². The maximum absolute atomic E-state index is 12.9. The zero-order valence-corrected chi connectivity index (χ0v) is 13.6. The number of aliphatic hydroxyl groups is 1. The summed E-state index contributed by atoms with van der Waals surface area (Å²) in [5, 5.41) is 9.31. The average molecular weight is 324 g/mol. The van der Waals surface area contributed by atoms with Crippen molar-refractivity contribution >= 4 is 23.2 Å². The van der Waals surface area contributed by atoms with E-state index in [-0.39, 0.29) is 25.0 Å². The molecule has 5 heteroatoms. The SMILES string of the molecule is CN1C(=O)CCc2cc(C(=O)N(CCO)c3ccccc3)ccc21. The van der Waals surface area contributed by atoms with Gasteiger partial charge in [0.1, 0.15) is 0 Å². The summed E-state index contributed by atoms with van der Waals surface area (Å²) >= 11 is 0. The average Bonchev–Trinajstić information content (AvgIpc) is 2.63. The first-order valence-corrected chi connectivity index (χ1v) is 7.99. The van der Waals surface area contributed by atoms with E-state index in [0.29, 0.717) is 18.4 Å². The summed E-state index contributed by atoms with van der Waals surface area (Å²) in [6.45, 7) is 0.126. The van der Waals surface area contributed by atoms with Gasteiger partial charge in [0.15, 0.2) is 0 Å². The fourth-order valence-electron chi connectivity index (χ4n) is 3.00. The zero-order chi connectivity index (χ0) is 17.1. The molecule has 0 aromatic heterocycles. The number of aryl methyl sites for hydroxylation is 1. The number of carbonyl (C=O) groups excluding carboxylic acids is 2. The van der Waals surface area contributed by atoms with Crippen molar-refractivity contribution in [1.82, 2.24) is 0 Å². The minimum Gasteiger partial charge on any atom is -0.395 e. The second-order valence-corrected chi connectivity index (χ2v) is 5.81. The summed E-state index contributed by atoms with van der Waals surface area (Å²) in [6, 6.07) is 14.7. The molecule has 1 aliphatic heterocycles. The molecule has 2 aromatic carbocycles.